The summed E-state index contributed by atoms with van der Waals surface area (Å²) in [4.78, 5) is 2.41. The zero-order chi connectivity index (χ0) is 64.1. The van der Waals surface area contributed by atoms with Gasteiger partial charge in [-0.3, -0.25) is 18.3 Å². The Hall–Kier alpha value is -12.8. The van der Waals surface area contributed by atoms with E-state index in [1.807, 2.05) is 6.07 Å². The first-order valence-corrected chi connectivity index (χ1v) is 33.3. The molecular weight excluding hydrogens is 1180 g/mol. The Morgan fingerprint density at radius 2 is 0.866 bits per heavy atom. The lowest BCUT2D eigenvalue weighted by Gasteiger charge is -2.27. The maximum atomic E-state index is 6.62. The molecule has 12 aromatic carbocycles. The first-order chi connectivity index (χ1) is 48.1. The molecule has 7 nitrogen and oxygen atoms in total. The number of aromatic nitrogens is 5. The molecule has 20 rings (SSSR count). The monoisotopic (exact) mass is 1240 g/mol. The van der Waals surface area contributed by atoms with Crippen LogP contribution in [0.2, 0.25) is 0 Å². The van der Waals surface area contributed by atoms with Crippen LogP contribution in [0.1, 0.15) is 16.8 Å². The molecule has 7 heteroatoms. The fraction of sp³-hybridized carbons (Fsp3) is 0.0222. The van der Waals surface area contributed by atoms with E-state index < -0.39 is 0 Å². The van der Waals surface area contributed by atoms with E-state index in [9.17, 15) is 0 Å². The average molecular weight is 1240 g/mol. The second-order valence-corrected chi connectivity index (χ2v) is 25.1. The summed E-state index contributed by atoms with van der Waals surface area (Å²) in [5.41, 5.74) is 22.5. The maximum Gasteiger partial charge on any atom is 0.213 e. The maximum absolute atomic E-state index is 6.62. The molecule has 0 fully saturated rings. The molecule has 0 atom stereocenters. The zero-order valence-electron chi connectivity index (χ0n) is 53.0. The molecule has 97 heavy (non-hydrogen) atoms. The molecule has 0 saturated carbocycles. The largest absolute Gasteiger partial charge is 0.439 e. The standard InChI is InChI=1S/C48H31N3.C42H31N3O/c1-4-16-32(17-5-1)40-31-45-46(37-23-11-10-22-36(37)40)41-30-35(28-29-44(41)49(45)33-18-6-2-7-19-33)51-43-27-15-13-25-39(43)47-38-24-12-14-26-42(38)50(48(47)51)34-20-8-3-9-21-34;1-29-16-5-4-14-27-43(30-17-6-2-7-18-30)41-39(29)35-28-32(21-15-25-37(35)44(41)31-19-8-3-9-20-31)45-36-24-12-10-22-33(36)40-34-23-11-13-26-38(34)46-42(40)45/h1-31H;2-24,26,28H,1,25,27H2/b;14-4-,16-5-. The number of furan rings is 1. The molecule has 0 radical (unpaired) electrons. The first kappa shape index (κ1) is 55.8. The summed E-state index contributed by atoms with van der Waals surface area (Å²) >= 11 is 0. The molecule has 0 amide bonds. The van der Waals surface area contributed by atoms with Crippen LogP contribution in [0, 0.1) is 0 Å². The van der Waals surface area contributed by atoms with Crippen LogP contribution in [0.25, 0.3) is 150 Å². The molecular formula is C90H62N6O. The Morgan fingerprint density at radius 1 is 0.351 bits per heavy atom. The molecule has 18 aromatic rings. The summed E-state index contributed by atoms with van der Waals surface area (Å²) in [6.07, 6.45) is 16.2. The van der Waals surface area contributed by atoms with E-state index in [1.165, 1.54) is 93.2 Å². The summed E-state index contributed by atoms with van der Waals surface area (Å²) in [5.74, 6) is 1.11. The number of allylic oxidation sites excluding steroid dienone is 7. The third-order valence-electron chi connectivity index (χ3n) is 19.7. The van der Waals surface area contributed by atoms with Gasteiger partial charge in [0.15, 0.2) is 0 Å². The Balaban J connectivity index is 0.000000137. The molecule has 1 aliphatic heterocycles. The van der Waals surface area contributed by atoms with E-state index in [1.54, 1.807) is 0 Å². The summed E-state index contributed by atoms with van der Waals surface area (Å²) in [5, 5.41) is 12.3. The molecule has 0 N–H and O–H groups in total. The summed E-state index contributed by atoms with van der Waals surface area (Å²) < 4.78 is 18.7. The van der Waals surface area contributed by atoms with Crippen LogP contribution in [0.3, 0.4) is 0 Å². The lowest BCUT2D eigenvalue weighted by Crippen LogP contribution is -2.21. The van der Waals surface area contributed by atoms with E-state index in [2.05, 4.69) is 368 Å². The second-order valence-electron chi connectivity index (χ2n) is 25.1. The SMILES string of the molecule is C=C1/C=C\C=C/CN(c2ccccc2)c2c1c1c(n2-c2ccccc2)CC=CC(n2c3ccccc3c3c4ccccc4oc32)=C1.c1ccc(-c2cc3c(c4ccccc24)c2cc(-n4c5ccccc5c5c6ccccc6n(-c6ccccc6)c54)ccc2n3-c2ccccc2)cc1. The lowest BCUT2D eigenvalue weighted by atomic mass is 9.95. The topological polar surface area (TPSA) is 41.0 Å². The Labute approximate surface area is 560 Å². The van der Waals surface area contributed by atoms with Gasteiger partial charge in [-0.05, 0) is 137 Å². The van der Waals surface area contributed by atoms with E-state index >= 15 is 0 Å². The van der Waals surface area contributed by atoms with Crippen molar-refractivity contribution in [2.75, 3.05) is 11.4 Å². The van der Waals surface area contributed by atoms with Crippen LogP contribution < -0.4 is 4.90 Å². The molecule has 458 valence electrons. The number of anilines is 2. The molecule has 0 spiro atoms. The van der Waals surface area contributed by atoms with Gasteiger partial charge in [0.25, 0.3) is 0 Å². The molecule has 7 heterocycles. The van der Waals surface area contributed by atoms with Gasteiger partial charge >= 0.3 is 0 Å². The van der Waals surface area contributed by atoms with E-state index in [4.69, 9.17) is 4.42 Å². The first-order valence-electron chi connectivity index (χ1n) is 33.3. The summed E-state index contributed by atoms with van der Waals surface area (Å²) in [7, 11) is 0. The van der Waals surface area contributed by atoms with Crippen LogP contribution in [-0.4, -0.2) is 29.4 Å². The van der Waals surface area contributed by atoms with Gasteiger partial charge in [-0.2, -0.15) is 0 Å². The van der Waals surface area contributed by atoms with Crippen molar-refractivity contribution in [1.29, 1.82) is 0 Å². The highest BCUT2D eigenvalue weighted by molar-refractivity contribution is 6.26. The molecule has 2 aliphatic rings. The lowest BCUT2D eigenvalue weighted by molar-refractivity contribution is 0.647. The highest BCUT2D eigenvalue weighted by atomic mass is 16.3. The fourth-order valence-corrected chi connectivity index (χ4v) is 15.7. The smallest absolute Gasteiger partial charge is 0.213 e. The normalized spacial score (nSPS) is 13.9. The minimum atomic E-state index is 0.721. The minimum absolute atomic E-state index is 0.721. The predicted molar refractivity (Wildman–Crippen MR) is 408 cm³/mol. The van der Waals surface area contributed by atoms with E-state index in [0.29, 0.717) is 0 Å². The van der Waals surface area contributed by atoms with Gasteiger partial charge < -0.3 is 13.9 Å². The van der Waals surface area contributed by atoms with Crippen LogP contribution >= 0.6 is 0 Å². The molecule has 1 aliphatic carbocycles. The highest BCUT2D eigenvalue weighted by Crippen LogP contribution is 2.48. The summed E-state index contributed by atoms with van der Waals surface area (Å²) in [6, 6.07) is 107. The van der Waals surface area contributed by atoms with Gasteiger partial charge in [-0.1, -0.05) is 237 Å². The number of hydrogen-bond donors (Lipinski definition) is 0. The quantitative estimate of drug-likeness (QED) is 0.160. The number of para-hydroxylation sites is 8. The van der Waals surface area contributed by atoms with E-state index in [0.717, 1.165) is 91.6 Å². The van der Waals surface area contributed by atoms with Crippen LogP contribution in [-0.2, 0) is 6.42 Å². The second kappa shape index (κ2) is 22.7. The van der Waals surface area contributed by atoms with Crippen LogP contribution in [0.4, 0.5) is 11.5 Å². The molecule has 6 aromatic heterocycles. The van der Waals surface area contributed by atoms with Gasteiger partial charge in [0.1, 0.15) is 17.0 Å². The van der Waals surface area contributed by atoms with E-state index in [-0.39, 0.29) is 0 Å². The average Bonchev–Trinajstić information content (AvgIpc) is 1.55. The molecule has 0 bridgehead atoms. The van der Waals surface area contributed by atoms with Crippen molar-refractivity contribution in [3.63, 3.8) is 0 Å². The van der Waals surface area contributed by atoms with Crippen molar-refractivity contribution in [1.82, 2.24) is 22.8 Å². The van der Waals surface area contributed by atoms with Crippen molar-refractivity contribution in [3.05, 3.63) is 357 Å². The van der Waals surface area contributed by atoms with Crippen LogP contribution in [0.5, 0.6) is 0 Å². The molecule has 0 saturated heterocycles. The minimum Gasteiger partial charge on any atom is -0.439 e. The number of nitrogens with zero attached hydrogens (tertiary/aromatic N) is 6. The highest BCUT2D eigenvalue weighted by Gasteiger charge is 2.31. The van der Waals surface area contributed by atoms with Gasteiger partial charge in [-0.25, -0.2) is 0 Å². The number of rotatable bonds is 7. The van der Waals surface area contributed by atoms with Crippen molar-refractivity contribution in [2.45, 2.75) is 6.42 Å². The third kappa shape index (κ3) is 8.82. The number of benzene rings is 12. The Morgan fingerprint density at radius 3 is 1.53 bits per heavy atom. The zero-order valence-corrected chi connectivity index (χ0v) is 53.0. The Bertz CT molecular complexity index is 6300. The van der Waals surface area contributed by atoms with Crippen molar-refractivity contribution < 1.29 is 4.42 Å². The fourth-order valence-electron chi connectivity index (χ4n) is 15.7. The molecule has 0 unspecified atom stereocenters. The number of hydrogen-bond acceptors (Lipinski definition) is 2. The summed E-state index contributed by atoms with van der Waals surface area (Å²) in [6.45, 7) is 5.37. The predicted octanol–water partition coefficient (Wildman–Crippen LogP) is 23.4. The van der Waals surface area contributed by atoms with Crippen molar-refractivity contribution >= 4 is 127 Å². The third-order valence-corrected chi connectivity index (χ3v) is 19.7. The van der Waals surface area contributed by atoms with Gasteiger partial charge in [0.2, 0.25) is 5.71 Å². The Kier molecular flexibility index (Phi) is 13.1. The van der Waals surface area contributed by atoms with Crippen molar-refractivity contribution in [2.24, 2.45) is 0 Å². The number of fused-ring (bicyclic) bond motifs is 18. The van der Waals surface area contributed by atoms with Crippen LogP contribution in [0.15, 0.2) is 345 Å². The van der Waals surface area contributed by atoms with Gasteiger partial charge in [0.05, 0.1) is 33.0 Å². The van der Waals surface area contributed by atoms with Crippen molar-refractivity contribution in [3.8, 4) is 33.9 Å². The van der Waals surface area contributed by atoms with Gasteiger partial charge in [0, 0.05) is 102 Å². The van der Waals surface area contributed by atoms with Gasteiger partial charge in [-0.15, -0.1) is 0 Å².